The first kappa shape index (κ1) is 11.9. The molecule has 0 aliphatic rings. The van der Waals surface area contributed by atoms with E-state index in [-0.39, 0.29) is 0 Å². The maximum atomic E-state index is 5.20. The van der Waals surface area contributed by atoms with Crippen LogP contribution in [0.2, 0.25) is 0 Å². The zero-order chi connectivity index (χ0) is 12.1. The van der Waals surface area contributed by atoms with Crippen molar-refractivity contribution in [1.82, 2.24) is 0 Å². The standard InChI is InChI=1S/C14H15NOS/c1-3-16-15-14(13-5-4-10-17-13)12-8-6-11(2)7-9-12/h4-10H,3H2,1-2H3/b15-14+. The molecule has 0 unspecified atom stereocenters. The van der Waals surface area contributed by atoms with Gasteiger partial charge in [-0.25, -0.2) is 0 Å². The average Bonchev–Trinajstić information content (AvgIpc) is 2.85. The number of hydrogen-bond acceptors (Lipinski definition) is 3. The zero-order valence-electron chi connectivity index (χ0n) is 10.0. The number of thiophene rings is 1. The van der Waals surface area contributed by atoms with Crippen LogP contribution in [0.4, 0.5) is 0 Å². The molecule has 2 rings (SSSR count). The summed E-state index contributed by atoms with van der Waals surface area (Å²) < 4.78 is 0. The van der Waals surface area contributed by atoms with Gasteiger partial charge in [0.25, 0.3) is 0 Å². The first-order chi connectivity index (χ1) is 8.31. The lowest BCUT2D eigenvalue weighted by molar-refractivity contribution is 0.159. The molecule has 0 spiro atoms. The molecule has 0 aliphatic carbocycles. The fourth-order valence-electron chi connectivity index (χ4n) is 1.49. The van der Waals surface area contributed by atoms with Crippen LogP contribution in [-0.2, 0) is 4.84 Å². The Hall–Kier alpha value is -1.61. The Bertz CT molecular complexity index is 485. The van der Waals surface area contributed by atoms with E-state index >= 15 is 0 Å². The van der Waals surface area contributed by atoms with Gasteiger partial charge in [0.05, 0.1) is 4.88 Å². The molecule has 0 radical (unpaired) electrons. The highest BCUT2D eigenvalue weighted by Gasteiger charge is 2.08. The average molecular weight is 245 g/mol. The normalized spacial score (nSPS) is 11.5. The summed E-state index contributed by atoms with van der Waals surface area (Å²) in [5.74, 6) is 0. The minimum atomic E-state index is 0.584. The molecular weight excluding hydrogens is 230 g/mol. The molecule has 1 heterocycles. The summed E-state index contributed by atoms with van der Waals surface area (Å²) in [5, 5.41) is 6.26. The van der Waals surface area contributed by atoms with Crippen LogP contribution in [0.1, 0.15) is 22.9 Å². The fraction of sp³-hybridized carbons (Fsp3) is 0.214. The van der Waals surface area contributed by atoms with Gasteiger partial charge in [0.2, 0.25) is 0 Å². The Morgan fingerprint density at radius 3 is 2.59 bits per heavy atom. The minimum absolute atomic E-state index is 0.584. The van der Waals surface area contributed by atoms with Crippen molar-refractivity contribution in [3.8, 4) is 0 Å². The first-order valence-electron chi connectivity index (χ1n) is 5.62. The molecule has 1 aromatic heterocycles. The summed E-state index contributed by atoms with van der Waals surface area (Å²) in [5.41, 5.74) is 3.24. The quantitative estimate of drug-likeness (QED) is 0.592. The van der Waals surface area contributed by atoms with E-state index in [0.29, 0.717) is 6.61 Å². The van der Waals surface area contributed by atoms with Crippen LogP contribution in [0.3, 0.4) is 0 Å². The Morgan fingerprint density at radius 2 is 2.00 bits per heavy atom. The van der Waals surface area contributed by atoms with Crippen molar-refractivity contribution in [2.75, 3.05) is 6.61 Å². The van der Waals surface area contributed by atoms with Gasteiger partial charge in [-0.3, -0.25) is 0 Å². The molecule has 1 aromatic carbocycles. The lowest BCUT2D eigenvalue weighted by Gasteiger charge is -2.04. The maximum absolute atomic E-state index is 5.20. The third kappa shape index (κ3) is 2.94. The van der Waals surface area contributed by atoms with Crippen LogP contribution in [0.25, 0.3) is 0 Å². The lowest BCUT2D eigenvalue weighted by atomic mass is 10.1. The summed E-state index contributed by atoms with van der Waals surface area (Å²) >= 11 is 1.67. The van der Waals surface area contributed by atoms with Crippen LogP contribution in [0, 0.1) is 6.92 Å². The highest BCUT2D eigenvalue weighted by Crippen LogP contribution is 2.17. The second kappa shape index (κ2) is 5.64. The van der Waals surface area contributed by atoms with Crippen molar-refractivity contribution in [2.45, 2.75) is 13.8 Å². The van der Waals surface area contributed by atoms with E-state index < -0.39 is 0 Å². The Balaban J connectivity index is 2.37. The van der Waals surface area contributed by atoms with Crippen LogP contribution >= 0.6 is 11.3 Å². The second-order valence-corrected chi connectivity index (χ2v) is 4.65. The molecule has 0 atom stereocenters. The molecule has 88 valence electrons. The van der Waals surface area contributed by atoms with E-state index in [4.69, 9.17) is 4.84 Å². The van der Waals surface area contributed by atoms with E-state index in [1.807, 2.05) is 18.4 Å². The molecule has 0 saturated carbocycles. The van der Waals surface area contributed by atoms with Gasteiger partial charge in [0.15, 0.2) is 0 Å². The van der Waals surface area contributed by atoms with E-state index in [1.54, 1.807) is 11.3 Å². The predicted octanol–water partition coefficient (Wildman–Crippen LogP) is 3.85. The van der Waals surface area contributed by atoms with Gasteiger partial charge in [-0.15, -0.1) is 11.3 Å². The molecule has 0 N–H and O–H groups in total. The molecule has 2 aromatic rings. The Morgan fingerprint density at radius 1 is 1.24 bits per heavy atom. The van der Waals surface area contributed by atoms with E-state index in [1.165, 1.54) is 5.56 Å². The number of nitrogens with zero attached hydrogens (tertiary/aromatic N) is 1. The van der Waals surface area contributed by atoms with Crippen molar-refractivity contribution in [2.24, 2.45) is 5.16 Å². The maximum Gasteiger partial charge on any atom is 0.127 e. The predicted molar refractivity (Wildman–Crippen MR) is 72.8 cm³/mol. The first-order valence-corrected chi connectivity index (χ1v) is 6.50. The van der Waals surface area contributed by atoms with Gasteiger partial charge >= 0.3 is 0 Å². The van der Waals surface area contributed by atoms with Crippen molar-refractivity contribution in [3.05, 3.63) is 57.8 Å². The molecule has 0 saturated heterocycles. The molecular formula is C14H15NOS. The number of oxime groups is 1. The zero-order valence-corrected chi connectivity index (χ0v) is 10.8. The van der Waals surface area contributed by atoms with E-state index in [2.05, 4.69) is 42.4 Å². The molecule has 17 heavy (non-hydrogen) atoms. The highest BCUT2D eigenvalue weighted by molar-refractivity contribution is 7.12. The van der Waals surface area contributed by atoms with Gasteiger partial charge in [0.1, 0.15) is 12.3 Å². The van der Waals surface area contributed by atoms with E-state index in [0.717, 1.165) is 16.2 Å². The van der Waals surface area contributed by atoms with Crippen LogP contribution < -0.4 is 0 Å². The summed E-state index contributed by atoms with van der Waals surface area (Å²) in [7, 11) is 0. The summed E-state index contributed by atoms with van der Waals surface area (Å²) in [4.78, 5) is 6.33. The van der Waals surface area contributed by atoms with Gasteiger partial charge in [-0.2, -0.15) is 0 Å². The molecule has 0 amide bonds. The highest BCUT2D eigenvalue weighted by atomic mass is 32.1. The van der Waals surface area contributed by atoms with E-state index in [9.17, 15) is 0 Å². The minimum Gasteiger partial charge on any atom is -0.396 e. The molecule has 0 fully saturated rings. The number of hydrogen-bond donors (Lipinski definition) is 0. The molecule has 0 bridgehead atoms. The van der Waals surface area contributed by atoms with Gasteiger partial charge in [-0.1, -0.05) is 41.1 Å². The SMILES string of the molecule is CCO/N=C(\c1ccc(C)cc1)c1cccs1. The van der Waals surface area contributed by atoms with Crippen molar-refractivity contribution in [3.63, 3.8) is 0 Å². The lowest BCUT2D eigenvalue weighted by Crippen LogP contribution is -2.02. The van der Waals surface area contributed by atoms with Gasteiger partial charge in [-0.05, 0) is 25.3 Å². The summed E-state index contributed by atoms with van der Waals surface area (Å²) in [6, 6.07) is 12.4. The van der Waals surface area contributed by atoms with Crippen LogP contribution in [0.15, 0.2) is 46.9 Å². The second-order valence-electron chi connectivity index (χ2n) is 3.70. The van der Waals surface area contributed by atoms with Gasteiger partial charge in [0, 0.05) is 5.56 Å². The van der Waals surface area contributed by atoms with Crippen molar-refractivity contribution < 1.29 is 4.84 Å². The number of aryl methyl sites for hydroxylation is 1. The molecule has 2 nitrogen and oxygen atoms in total. The smallest absolute Gasteiger partial charge is 0.127 e. The van der Waals surface area contributed by atoms with Crippen molar-refractivity contribution in [1.29, 1.82) is 0 Å². The Labute approximate surface area is 106 Å². The molecule has 0 aliphatic heterocycles. The monoisotopic (exact) mass is 245 g/mol. The number of benzene rings is 1. The third-order valence-electron chi connectivity index (χ3n) is 2.36. The van der Waals surface area contributed by atoms with Crippen LogP contribution in [-0.4, -0.2) is 12.3 Å². The fourth-order valence-corrected chi connectivity index (χ4v) is 2.22. The van der Waals surface area contributed by atoms with Crippen molar-refractivity contribution >= 4 is 17.0 Å². The van der Waals surface area contributed by atoms with Gasteiger partial charge < -0.3 is 4.84 Å². The topological polar surface area (TPSA) is 21.6 Å². The summed E-state index contributed by atoms with van der Waals surface area (Å²) in [6.45, 7) is 4.60. The third-order valence-corrected chi connectivity index (χ3v) is 3.24. The summed E-state index contributed by atoms with van der Waals surface area (Å²) in [6.07, 6.45) is 0. The number of rotatable bonds is 4. The Kier molecular flexibility index (Phi) is 3.94. The largest absolute Gasteiger partial charge is 0.396 e. The van der Waals surface area contributed by atoms with Crippen LogP contribution in [0.5, 0.6) is 0 Å². The molecule has 3 heteroatoms.